The Labute approximate surface area is 148 Å². The van der Waals surface area contributed by atoms with Crippen LogP contribution in [-0.2, 0) is 9.84 Å². The Morgan fingerprint density at radius 3 is 2.50 bits per heavy atom. The maximum absolute atomic E-state index is 11.7. The fourth-order valence-electron chi connectivity index (χ4n) is 2.80. The Hall–Kier alpha value is -1.89. The molecular formula is C17H13ClN2O2S2. The van der Waals surface area contributed by atoms with Crippen molar-refractivity contribution in [2.75, 3.05) is 6.26 Å². The Morgan fingerprint density at radius 2 is 1.83 bits per heavy atom. The molecule has 122 valence electrons. The minimum Gasteiger partial charge on any atom is -0.287 e. The molecule has 4 nitrogen and oxygen atoms in total. The molecule has 0 amide bonds. The van der Waals surface area contributed by atoms with Crippen molar-refractivity contribution in [3.8, 4) is 11.3 Å². The molecule has 0 bridgehead atoms. The molecule has 0 aliphatic heterocycles. The van der Waals surface area contributed by atoms with E-state index < -0.39 is 9.84 Å². The number of aryl methyl sites for hydroxylation is 1. The molecule has 0 unspecified atom stereocenters. The van der Waals surface area contributed by atoms with Gasteiger partial charge in [-0.3, -0.25) is 4.40 Å². The first-order chi connectivity index (χ1) is 11.3. The molecule has 2 aromatic carbocycles. The van der Waals surface area contributed by atoms with Gasteiger partial charge in [-0.1, -0.05) is 35.1 Å². The van der Waals surface area contributed by atoms with Gasteiger partial charge >= 0.3 is 0 Å². The zero-order valence-corrected chi connectivity index (χ0v) is 15.3. The van der Waals surface area contributed by atoms with E-state index in [9.17, 15) is 8.42 Å². The van der Waals surface area contributed by atoms with E-state index in [2.05, 4.69) is 4.40 Å². The van der Waals surface area contributed by atoms with Gasteiger partial charge in [0, 0.05) is 22.5 Å². The van der Waals surface area contributed by atoms with Gasteiger partial charge in [0.2, 0.25) is 0 Å². The number of imidazole rings is 1. The lowest BCUT2D eigenvalue weighted by atomic mass is 10.1. The Kier molecular flexibility index (Phi) is 3.46. The van der Waals surface area contributed by atoms with Gasteiger partial charge in [-0.15, -0.1) is 0 Å². The second-order valence-corrected chi connectivity index (χ2v) is 9.14. The van der Waals surface area contributed by atoms with E-state index in [1.807, 2.05) is 37.3 Å². The van der Waals surface area contributed by atoms with Gasteiger partial charge < -0.3 is 0 Å². The highest BCUT2D eigenvalue weighted by molar-refractivity contribution is 7.90. The topological polar surface area (TPSA) is 51.4 Å². The standard InChI is InChI=1S/C17H13ClN2O2S2/c1-10-16(11-3-5-12(18)6-4-11)19-17-20(10)14-8-7-13(24(2,21)22)9-15(14)23-17/h3-9H,1-2H3. The monoisotopic (exact) mass is 376 g/mol. The summed E-state index contributed by atoms with van der Waals surface area (Å²) >= 11 is 7.44. The van der Waals surface area contributed by atoms with E-state index >= 15 is 0 Å². The first-order valence-electron chi connectivity index (χ1n) is 7.22. The first-order valence-corrected chi connectivity index (χ1v) is 10.3. The number of halogens is 1. The summed E-state index contributed by atoms with van der Waals surface area (Å²) in [6, 6.07) is 12.8. The molecule has 0 fully saturated rings. The molecule has 4 aromatic rings. The van der Waals surface area contributed by atoms with E-state index in [-0.39, 0.29) is 0 Å². The summed E-state index contributed by atoms with van der Waals surface area (Å²) in [6.07, 6.45) is 1.22. The van der Waals surface area contributed by atoms with Crippen molar-refractivity contribution in [3.63, 3.8) is 0 Å². The number of thiazole rings is 1. The largest absolute Gasteiger partial charge is 0.287 e. The number of nitrogens with zero attached hydrogens (tertiary/aromatic N) is 2. The summed E-state index contributed by atoms with van der Waals surface area (Å²) in [4.78, 5) is 5.90. The van der Waals surface area contributed by atoms with Gasteiger partial charge in [0.05, 0.1) is 20.8 Å². The van der Waals surface area contributed by atoms with Crippen molar-refractivity contribution >= 4 is 48.0 Å². The van der Waals surface area contributed by atoms with E-state index in [0.29, 0.717) is 9.92 Å². The van der Waals surface area contributed by atoms with Gasteiger partial charge in [0.25, 0.3) is 0 Å². The van der Waals surface area contributed by atoms with Crippen LogP contribution in [0.2, 0.25) is 5.02 Å². The highest BCUT2D eigenvalue weighted by Crippen LogP contribution is 2.33. The molecule has 0 aliphatic rings. The lowest BCUT2D eigenvalue weighted by Gasteiger charge is -2.02. The zero-order chi connectivity index (χ0) is 17.1. The molecule has 2 aromatic heterocycles. The number of aromatic nitrogens is 2. The maximum Gasteiger partial charge on any atom is 0.195 e. The fourth-order valence-corrected chi connectivity index (χ4v) is 4.76. The van der Waals surface area contributed by atoms with Crippen LogP contribution in [0.4, 0.5) is 0 Å². The van der Waals surface area contributed by atoms with Crippen LogP contribution in [-0.4, -0.2) is 24.1 Å². The normalized spacial score (nSPS) is 12.3. The average molecular weight is 377 g/mol. The lowest BCUT2D eigenvalue weighted by Crippen LogP contribution is -1.96. The van der Waals surface area contributed by atoms with Crippen LogP contribution < -0.4 is 0 Å². The molecule has 0 N–H and O–H groups in total. The zero-order valence-electron chi connectivity index (χ0n) is 12.9. The molecule has 0 atom stereocenters. The highest BCUT2D eigenvalue weighted by atomic mass is 35.5. The first kappa shape index (κ1) is 15.6. The van der Waals surface area contributed by atoms with Crippen molar-refractivity contribution in [3.05, 3.63) is 53.2 Å². The van der Waals surface area contributed by atoms with E-state index in [0.717, 1.165) is 32.1 Å². The molecule has 0 radical (unpaired) electrons. The minimum absolute atomic E-state index is 0.329. The fraction of sp³-hybridized carbons (Fsp3) is 0.118. The second-order valence-electron chi connectivity index (χ2n) is 5.67. The summed E-state index contributed by atoms with van der Waals surface area (Å²) in [5.74, 6) is 0. The summed E-state index contributed by atoms with van der Waals surface area (Å²) in [5, 5.41) is 0.691. The SMILES string of the molecule is Cc1c(-c2ccc(Cl)cc2)nc2sc3cc(S(C)(=O)=O)ccc3n12. The minimum atomic E-state index is -3.22. The quantitative estimate of drug-likeness (QED) is 0.514. The van der Waals surface area contributed by atoms with Crippen LogP contribution in [0, 0.1) is 6.92 Å². The highest BCUT2D eigenvalue weighted by Gasteiger charge is 2.17. The molecule has 0 saturated carbocycles. The summed E-state index contributed by atoms with van der Waals surface area (Å²) in [5.41, 5.74) is 3.90. The van der Waals surface area contributed by atoms with Crippen LogP contribution in [0.25, 0.3) is 26.4 Å². The van der Waals surface area contributed by atoms with Crippen molar-refractivity contribution < 1.29 is 8.42 Å². The molecule has 0 aliphatic carbocycles. The lowest BCUT2D eigenvalue weighted by molar-refractivity contribution is 0.602. The van der Waals surface area contributed by atoms with Crippen LogP contribution in [0.3, 0.4) is 0 Å². The van der Waals surface area contributed by atoms with Crippen LogP contribution in [0.5, 0.6) is 0 Å². The summed E-state index contributed by atoms with van der Waals surface area (Å²) in [6.45, 7) is 2.01. The number of hydrogen-bond acceptors (Lipinski definition) is 4. The van der Waals surface area contributed by atoms with Gasteiger partial charge in [-0.2, -0.15) is 0 Å². The Morgan fingerprint density at radius 1 is 1.12 bits per heavy atom. The van der Waals surface area contributed by atoms with E-state index in [1.165, 1.54) is 17.6 Å². The molecule has 2 heterocycles. The Bertz CT molecular complexity index is 1190. The summed E-state index contributed by atoms with van der Waals surface area (Å²) < 4.78 is 26.4. The predicted molar refractivity (Wildman–Crippen MR) is 98.9 cm³/mol. The molecule has 0 spiro atoms. The smallest absolute Gasteiger partial charge is 0.195 e. The van der Waals surface area contributed by atoms with Crippen molar-refractivity contribution in [2.45, 2.75) is 11.8 Å². The summed E-state index contributed by atoms with van der Waals surface area (Å²) in [7, 11) is -3.22. The number of benzene rings is 2. The second kappa shape index (κ2) is 5.31. The average Bonchev–Trinajstić information content (AvgIpc) is 3.03. The molecular weight excluding hydrogens is 364 g/mol. The van der Waals surface area contributed by atoms with E-state index in [1.54, 1.807) is 12.1 Å². The van der Waals surface area contributed by atoms with Gasteiger partial charge in [0.1, 0.15) is 0 Å². The van der Waals surface area contributed by atoms with Gasteiger partial charge in [-0.05, 0) is 37.3 Å². The number of sulfone groups is 1. The van der Waals surface area contributed by atoms with Gasteiger partial charge in [0.15, 0.2) is 14.8 Å². The van der Waals surface area contributed by atoms with Crippen molar-refractivity contribution in [1.29, 1.82) is 0 Å². The van der Waals surface area contributed by atoms with Crippen LogP contribution in [0.1, 0.15) is 5.69 Å². The van der Waals surface area contributed by atoms with E-state index in [4.69, 9.17) is 16.6 Å². The van der Waals surface area contributed by atoms with Crippen molar-refractivity contribution in [1.82, 2.24) is 9.38 Å². The number of hydrogen-bond donors (Lipinski definition) is 0. The predicted octanol–water partition coefficient (Wildman–Crippen LogP) is 4.58. The van der Waals surface area contributed by atoms with Gasteiger partial charge in [-0.25, -0.2) is 13.4 Å². The number of fused-ring (bicyclic) bond motifs is 3. The third kappa shape index (κ3) is 2.42. The molecule has 7 heteroatoms. The number of rotatable bonds is 2. The third-order valence-electron chi connectivity index (χ3n) is 4.00. The molecule has 0 saturated heterocycles. The van der Waals surface area contributed by atoms with Crippen LogP contribution in [0.15, 0.2) is 47.4 Å². The van der Waals surface area contributed by atoms with Crippen molar-refractivity contribution in [2.24, 2.45) is 0 Å². The van der Waals surface area contributed by atoms with Crippen LogP contribution >= 0.6 is 22.9 Å². The molecule has 24 heavy (non-hydrogen) atoms. The Balaban J connectivity index is 1.96. The molecule has 4 rings (SSSR count). The third-order valence-corrected chi connectivity index (χ3v) is 6.36. The maximum atomic E-state index is 11.7.